The van der Waals surface area contributed by atoms with Crippen LogP contribution in [0.4, 0.5) is 0 Å². The zero-order valence-electron chi connectivity index (χ0n) is 21.4. The van der Waals surface area contributed by atoms with Gasteiger partial charge in [0.2, 0.25) is 23.6 Å². The van der Waals surface area contributed by atoms with Crippen LogP contribution in [-0.4, -0.2) is 65.4 Å². The van der Waals surface area contributed by atoms with E-state index in [1.54, 1.807) is 44.2 Å². The molecule has 0 aliphatic rings. The fourth-order valence-corrected chi connectivity index (χ4v) is 3.57. The van der Waals surface area contributed by atoms with Gasteiger partial charge < -0.3 is 38.3 Å². The molecule has 0 bridgehead atoms. The van der Waals surface area contributed by atoms with Crippen molar-refractivity contribution in [2.24, 2.45) is 23.1 Å². The summed E-state index contributed by atoms with van der Waals surface area (Å²) >= 11 is 0. The molecule has 206 valence electrons. The third-order valence-electron chi connectivity index (χ3n) is 5.76. The van der Waals surface area contributed by atoms with Crippen LogP contribution in [0.5, 0.6) is 0 Å². The Labute approximate surface area is 217 Å². The summed E-state index contributed by atoms with van der Waals surface area (Å²) in [4.78, 5) is 61.7. The number of hydrogen-bond acceptors (Lipinski definition) is 7. The Kier molecular flexibility index (Phi) is 13.9. The number of hydrogen-bond donors (Lipinski definition) is 7. The smallest absolute Gasteiger partial charge is 0.326 e. The van der Waals surface area contributed by atoms with Gasteiger partial charge in [0.15, 0.2) is 0 Å². The van der Waals surface area contributed by atoms with Crippen molar-refractivity contribution in [2.75, 3.05) is 6.54 Å². The van der Waals surface area contributed by atoms with Crippen LogP contribution in [-0.2, 0) is 30.4 Å². The molecule has 0 aliphatic heterocycles. The third-order valence-corrected chi connectivity index (χ3v) is 5.76. The first-order valence-electron chi connectivity index (χ1n) is 12.4. The van der Waals surface area contributed by atoms with E-state index < -0.39 is 59.7 Å². The normalized spacial score (nSPS) is 14.2. The van der Waals surface area contributed by atoms with Gasteiger partial charge >= 0.3 is 5.97 Å². The summed E-state index contributed by atoms with van der Waals surface area (Å²) in [5, 5.41) is 17.2. The van der Waals surface area contributed by atoms with Gasteiger partial charge in [0, 0.05) is 12.8 Å². The van der Waals surface area contributed by atoms with Crippen molar-refractivity contribution in [3.8, 4) is 0 Å². The topological polar surface area (TPSA) is 220 Å². The zero-order valence-corrected chi connectivity index (χ0v) is 21.4. The summed E-state index contributed by atoms with van der Waals surface area (Å²) in [6.07, 6.45) is 1.46. The van der Waals surface area contributed by atoms with Gasteiger partial charge in [-0.05, 0) is 37.3 Å². The van der Waals surface area contributed by atoms with Crippen LogP contribution in [0.1, 0.15) is 51.5 Å². The monoisotopic (exact) mass is 520 g/mol. The Hall–Kier alpha value is -3.51. The number of benzene rings is 1. The summed E-state index contributed by atoms with van der Waals surface area (Å²) in [6.45, 7) is 3.83. The third kappa shape index (κ3) is 11.8. The standard InChI is InChI=1S/C25H40N6O6/c1-15(2)21(24(35)30-19(25(36)37)14-16-8-4-3-5-9-16)31-23(34)18(11-12-20(28)32)29-22(33)17(27)10-6-7-13-26/h3-5,8-9,15,17-19,21H,6-7,10-14,26-27H2,1-2H3,(H2,28,32)(H,29,33)(H,30,35)(H,31,34)(H,36,37). The Morgan fingerprint density at radius 2 is 1.49 bits per heavy atom. The highest BCUT2D eigenvalue weighted by molar-refractivity contribution is 5.94. The lowest BCUT2D eigenvalue weighted by atomic mass is 10.00. The van der Waals surface area contributed by atoms with Gasteiger partial charge in [-0.3, -0.25) is 19.2 Å². The highest BCUT2D eigenvalue weighted by Gasteiger charge is 2.32. The fraction of sp³-hybridized carbons (Fsp3) is 0.560. The minimum absolute atomic E-state index is 0.0556. The van der Waals surface area contributed by atoms with E-state index in [2.05, 4.69) is 16.0 Å². The summed E-state index contributed by atoms with van der Waals surface area (Å²) in [5.74, 6) is -4.29. The predicted octanol–water partition coefficient (Wildman–Crippen LogP) is -0.854. The second-order valence-electron chi connectivity index (χ2n) is 9.28. The van der Waals surface area contributed by atoms with Crippen molar-refractivity contribution in [3.05, 3.63) is 35.9 Å². The molecule has 0 radical (unpaired) electrons. The lowest BCUT2D eigenvalue weighted by molar-refractivity contribution is -0.142. The molecule has 0 saturated carbocycles. The first-order chi connectivity index (χ1) is 17.5. The molecule has 4 amide bonds. The van der Waals surface area contributed by atoms with Gasteiger partial charge in [0.05, 0.1) is 6.04 Å². The number of aliphatic carboxylic acids is 1. The molecule has 0 spiro atoms. The molecule has 4 atom stereocenters. The molecule has 37 heavy (non-hydrogen) atoms. The van der Waals surface area contributed by atoms with Crippen LogP contribution >= 0.6 is 0 Å². The molecule has 1 aromatic carbocycles. The summed E-state index contributed by atoms with van der Waals surface area (Å²) in [7, 11) is 0. The molecule has 4 unspecified atom stereocenters. The van der Waals surface area contributed by atoms with Crippen molar-refractivity contribution in [1.29, 1.82) is 0 Å². The number of carbonyl (C=O) groups is 5. The molecule has 0 heterocycles. The van der Waals surface area contributed by atoms with Crippen LogP contribution in [0.3, 0.4) is 0 Å². The van der Waals surface area contributed by atoms with Crippen molar-refractivity contribution < 1.29 is 29.1 Å². The van der Waals surface area contributed by atoms with Gasteiger partial charge in [-0.25, -0.2) is 4.79 Å². The van der Waals surface area contributed by atoms with Crippen molar-refractivity contribution >= 4 is 29.6 Å². The number of carbonyl (C=O) groups excluding carboxylic acids is 4. The highest BCUT2D eigenvalue weighted by atomic mass is 16.4. The lowest BCUT2D eigenvalue weighted by Gasteiger charge is -2.27. The van der Waals surface area contributed by atoms with Crippen molar-refractivity contribution in [2.45, 2.75) is 76.5 Å². The van der Waals surface area contributed by atoms with E-state index in [4.69, 9.17) is 17.2 Å². The van der Waals surface area contributed by atoms with E-state index in [0.717, 1.165) is 5.56 Å². The molecule has 0 aliphatic carbocycles. The van der Waals surface area contributed by atoms with Crippen LogP contribution < -0.4 is 33.2 Å². The van der Waals surface area contributed by atoms with Gasteiger partial charge in [-0.2, -0.15) is 0 Å². The van der Waals surface area contributed by atoms with E-state index in [0.29, 0.717) is 25.8 Å². The molecule has 12 heteroatoms. The second-order valence-corrected chi connectivity index (χ2v) is 9.28. The largest absolute Gasteiger partial charge is 0.480 e. The Morgan fingerprint density at radius 1 is 0.865 bits per heavy atom. The van der Waals surface area contributed by atoms with E-state index >= 15 is 0 Å². The van der Waals surface area contributed by atoms with Crippen molar-refractivity contribution in [1.82, 2.24) is 16.0 Å². The number of nitrogens with two attached hydrogens (primary N) is 3. The number of rotatable bonds is 17. The molecule has 0 saturated heterocycles. The van der Waals surface area contributed by atoms with Crippen LogP contribution in [0.15, 0.2) is 30.3 Å². The van der Waals surface area contributed by atoms with Gasteiger partial charge in [0.1, 0.15) is 18.1 Å². The number of amides is 4. The van der Waals surface area contributed by atoms with E-state index in [9.17, 15) is 29.1 Å². The maximum atomic E-state index is 13.1. The molecule has 10 N–H and O–H groups in total. The Bertz CT molecular complexity index is 910. The van der Waals surface area contributed by atoms with E-state index in [1.165, 1.54) is 0 Å². The van der Waals surface area contributed by atoms with E-state index in [1.807, 2.05) is 0 Å². The average Bonchev–Trinajstić information content (AvgIpc) is 2.84. The summed E-state index contributed by atoms with van der Waals surface area (Å²) in [5.41, 5.74) is 17.3. The summed E-state index contributed by atoms with van der Waals surface area (Å²) in [6, 6.07) is 4.44. The molecule has 1 rings (SSSR count). The Balaban J connectivity index is 2.94. The fourth-order valence-electron chi connectivity index (χ4n) is 3.57. The number of unbranched alkanes of at least 4 members (excludes halogenated alkanes) is 1. The average molecular weight is 521 g/mol. The zero-order chi connectivity index (χ0) is 28.0. The van der Waals surface area contributed by atoms with Crippen LogP contribution in [0.25, 0.3) is 0 Å². The predicted molar refractivity (Wildman–Crippen MR) is 138 cm³/mol. The highest BCUT2D eigenvalue weighted by Crippen LogP contribution is 2.09. The molecule has 0 aromatic heterocycles. The number of primary amides is 1. The SMILES string of the molecule is CC(C)C(NC(=O)C(CCC(N)=O)NC(=O)C(N)CCCCN)C(=O)NC(Cc1ccccc1)C(=O)O. The Morgan fingerprint density at radius 3 is 2.03 bits per heavy atom. The molecular formula is C25H40N6O6. The van der Waals surface area contributed by atoms with E-state index in [-0.39, 0.29) is 19.3 Å². The first-order valence-corrected chi connectivity index (χ1v) is 12.4. The minimum Gasteiger partial charge on any atom is -0.480 e. The molecule has 1 aromatic rings. The maximum Gasteiger partial charge on any atom is 0.326 e. The van der Waals surface area contributed by atoms with Gasteiger partial charge in [-0.15, -0.1) is 0 Å². The first kappa shape index (κ1) is 31.5. The quantitative estimate of drug-likeness (QED) is 0.128. The number of nitrogens with one attached hydrogen (secondary N) is 3. The molecule has 0 fully saturated rings. The molecular weight excluding hydrogens is 480 g/mol. The van der Waals surface area contributed by atoms with Crippen LogP contribution in [0.2, 0.25) is 0 Å². The van der Waals surface area contributed by atoms with Crippen LogP contribution in [0, 0.1) is 5.92 Å². The second kappa shape index (κ2) is 16.3. The van der Waals surface area contributed by atoms with Crippen molar-refractivity contribution in [3.63, 3.8) is 0 Å². The summed E-state index contributed by atoms with van der Waals surface area (Å²) < 4.78 is 0. The van der Waals surface area contributed by atoms with Gasteiger partial charge in [-0.1, -0.05) is 50.6 Å². The molecule has 12 nitrogen and oxygen atoms in total. The maximum absolute atomic E-state index is 13.1. The lowest BCUT2D eigenvalue weighted by Crippen LogP contribution is -2.58. The van der Waals surface area contributed by atoms with Gasteiger partial charge in [0.25, 0.3) is 0 Å². The number of carboxylic acid groups (broad SMARTS) is 1. The minimum atomic E-state index is -1.22. The number of carboxylic acids is 1.